The van der Waals surface area contributed by atoms with E-state index in [1.807, 2.05) is 31.2 Å². The van der Waals surface area contributed by atoms with Crippen molar-refractivity contribution in [1.29, 1.82) is 0 Å². The van der Waals surface area contributed by atoms with Crippen LogP contribution in [0.3, 0.4) is 0 Å². The van der Waals surface area contributed by atoms with Gasteiger partial charge in [-0.2, -0.15) is 15.1 Å². The van der Waals surface area contributed by atoms with Gasteiger partial charge in [0.05, 0.1) is 18.2 Å². The molecule has 0 saturated carbocycles. The number of hydrogen-bond acceptors (Lipinski definition) is 5. The van der Waals surface area contributed by atoms with E-state index in [2.05, 4.69) is 25.5 Å². The van der Waals surface area contributed by atoms with Gasteiger partial charge < -0.3 is 10.1 Å². The molecule has 20 heavy (non-hydrogen) atoms. The predicted octanol–water partition coefficient (Wildman–Crippen LogP) is 3.15. The van der Waals surface area contributed by atoms with E-state index in [9.17, 15) is 0 Å². The molecule has 102 valence electrons. The van der Waals surface area contributed by atoms with Crippen LogP contribution in [0.2, 0.25) is 5.28 Å². The minimum atomic E-state index is 0.162. The largest absolute Gasteiger partial charge is 0.494 e. The summed E-state index contributed by atoms with van der Waals surface area (Å²) in [5.41, 5.74) is 1.48. The average Bonchev–Trinajstić information content (AvgIpc) is 2.89. The van der Waals surface area contributed by atoms with Crippen LogP contribution in [0.4, 0.5) is 11.5 Å². The van der Waals surface area contributed by atoms with Crippen molar-refractivity contribution in [2.24, 2.45) is 0 Å². The van der Waals surface area contributed by atoms with E-state index < -0.39 is 0 Å². The Morgan fingerprint density at radius 3 is 2.80 bits per heavy atom. The lowest BCUT2D eigenvalue weighted by atomic mass is 10.3. The number of rotatable bonds is 4. The van der Waals surface area contributed by atoms with Gasteiger partial charge in [0.2, 0.25) is 5.28 Å². The van der Waals surface area contributed by atoms with Crippen molar-refractivity contribution >= 4 is 34.1 Å². The Kier molecular flexibility index (Phi) is 3.39. The van der Waals surface area contributed by atoms with E-state index in [1.54, 1.807) is 6.20 Å². The summed E-state index contributed by atoms with van der Waals surface area (Å²) >= 11 is 5.88. The molecule has 0 saturated heterocycles. The Balaban J connectivity index is 1.90. The first-order chi connectivity index (χ1) is 9.76. The molecule has 2 aromatic heterocycles. The number of ether oxygens (including phenoxy) is 1. The fourth-order valence-corrected chi connectivity index (χ4v) is 2.01. The van der Waals surface area contributed by atoms with Gasteiger partial charge in [0.1, 0.15) is 11.6 Å². The number of H-pyrrole nitrogens is 1. The van der Waals surface area contributed by atoms with Crippen LogP contribution in [-0.2, 0) is 0 Å². The van der Waals surface area contributed by atoms with Crippen LogP contribution in [0.25, 0.3) is 11.0 Å². The van der Waals surface area contributed by atoms with Crippen molar-refractivity contribution < 1.29 is 4.74 Å². The fraction of sp³-hybridized carbons (Fsp3) is 0.154. The standard InChI is InChI=1S/C13H12ClN5O/c1-2-20-9-5-3-8(4-6-9)16-11-10-7-15-19-12(10)18-13(14)17-11/h3-7H,2H2,1H3,(H2,15,16,17,18,19). The van der Waals surface area contributed by atoms with Gasteiger partial charge in [-0.15, -0.1) is 0 Å². The first-order valence-corrected chi connectivity index (χ1v) is 6.50. The summed E-state index contributed by atoms with van der Waals surface area (Å²) in [6, 6.07) is 7.60. The summed E-state index contributed by atoms with van der Waals surface area (Å²) in [6.07, 6.45) is 1.66. The molecule has 0 aliphatic heterocycles. The molecule has 0 unspecified atom stereocenters. The van der Waals surface area contributed by atoms with Gasteiger partial charge >= 0.3 is 0 Å². The van der Waals surface area contributed by atoms with Crippen molar-refractivity contribution in [3.8, 4) is 5.75 Å². The topological polar surface area (TPSA) is 75.7 Å². The second kappa shape index (κ2) is 5.34. The molecule has 2 heterocycles. The Morgan fingerprint density at radius 2 is 2.05 bits per heavy atom. The van der Waals surface area contributed by atoms with E-state index in [4.69, 9.17) is 16.3 Å². The van der Waals surface area contributed by atoms with Gasteiger partial charge in [-0.25, -0.2) is 0 Å². The highest BCUT2D eigenvalue weighted by Crippen LogP contribution is 2.24. The van der Waals surface area contributed by atoms with Crippen molar-refractivity contribution in [2.45, 2.75) is 6.92 Å². The van der Waals surface area contributed by atoms with E-state index >= 15 is 0 Å². The van der Waals surface area contributed by atoms with Gasteiger partial charge in [-0.1, -0.05) is 0 Å². The third kappa shape index (κ3) is 2.50. The first kappa shape index (κ1) is 12.7. The van der Waals surface area contributed by atoms with Gasteiger partial charge in [-0.3, -0.25) is 5.10 Å². The summed E-state index contributed by atoms with van der Waals surface area (Å²) in [4.78, 5) is 8.23. The number of halogens is 1. The first-order valence-electron chi connectivity index (χ1n) is 6.13. The molecule has 0 aliphatic carbocycles. The number of benzene rings is 1. The molecule has 0 bridgehead atoms. The average molecular weight is 290 g/mol. The van der Waals surface area contributed by atoms with E-state index in [1.165, 1.54) is 0 Å². The highest BCUT2D eigenvalue weighted by atomic mass is 35.5. The van der Waals surface area contributed by atoms with Gasteiger partial charge in [-0.05, 0) is 42.8 Å². The number of anilines is 2. The van der Waals surface area contributed by atoms with Gasteiger partial charge in [0.25, 0.3) is 0 Å². The molecule has 0 aliphatic rings. The molecule has 6 nitrogen and oxygen atoms in total. The highest BCUT2D eigenvalue weighted by molar-refractivity contribution is 6.28. The minimum absolute atomic E-state index is 0.162. The summed E-state index contributed by atoms with van der Waals surface area (Å²) in [5, 5.41) is 10.8. The summed E-state index contributed by atoms with van der Waals surface area (Å²) in [6.45, 7) is 2.59. The zero-order valence-electron chi connectivity index (χ0n) is 10.7. The molecule has 3 aromatic rings. The molecular formula is C13H12ClN5O. The Labute approximate surface area is 120 Å². The van der Waals surface area contributed by atoms with E-state index in [-0.39, 0.29) is 5.28 Å². The zero-order valence-corrected chi connectivity index (χ0v) is 11.5. The number of nitrogens with one attached hydrogen (secondary N) is 2. The van der Waals surface area contributed by atoms with Crippen LogP contribution in [-0.4, -0.2) is 26.8 Å². The predicted molar refractivity (Wildman–Crippen MR) is 77.6 cm³/mol. The molecule has 7 heteroatoms. The van der Waals surface area contributed by atoms with E-state index in [0.717, 1.165) is 16.8 Å². The molecule has 0 atom stereocenters. The summed E-state index contributed by atoms with van der Waals surface area (Å²) in [7, 11) is 0. The molecule has 2 N–H and O–H groups in total. The smallest absolute Gasteiger partial charge is 0.226 e. The molecular weight excluding hydrogens is 278 g/mol. The van der Waals surface area contributed by atoms with Gasteiger partial charge in [0, 0.05) is 5.69 Å². The van der Waals surface area contributed by atoms with Crippen molar-refractivity contribution in [3.63, 3.8) is 0 Å². The summed E-state index contributed by atoms with van der Waals surface area (Å²) < 4.78 is 5.40. The molecule has 0 radical (unpaired) electrons. The van der Waals surface area contributed by atoms with E-state index in [0.29, 0.717) is 18.1 Å². The molecule has 0 amide bonds. The highest BCUT2D eigenvalue weighted by Gasteiger charge is 2.08. The van der Waals surface area contributed by atoms with Crippen LogP contribution < -0.4 is 10.1 Å². The maximum atomic E-state index is 5.88. The van der Waals surface area contributed by atoms with Crippen LogP contribution in [0.1, 0.15) is 6.92 Å². The second-order valence-corrected chi connectivity index (χ2v) is 4.39. The molecule has 3 rings (SSSR count). The Bertz CT molecular complexity index is 725. The number of hydrogen-bond donors (Lipinski definition) is 2. The quantitative estimate of drug-likeness (QED) is 0.722. The lowest BCUT2D eigenvalue weighted by molar-refractivity contribution is 0.340. The van der Waals surface area contributed by atoms with Crippen LogP contribution in [0.15, 0.2) is 30.5 Å². The zero-order chi connectivity index (χ0) is 13.9. The molecule has 1 aromatic carbocycles. The van der Waals surface area contributed by atoms with Crippen LogP contribution >= 0.6 is 11.6 Å². The molecule has 0 fully saturated rings. The summed E-state index contributed by atoms with van der Waals surface area (Å²) in [5.74, 6) is 1.44. The van der Waals surface area contributed by atoms with Crippen molar-refractivity contribution in [2.75, 3.05) is 11.9 Å². The number of fused-ring (bicyclic) bond motifs is 1. The second-order valence-electron chi connectivity index (χ2n) is 4.06. The monoisotopic (exact) mass is 289 g/mol. The van der Waals surface area contributed by atoms with Gasteiger partial charge in [0.15, 0.2) is 5.65 Å². The maximum absolute atomic E-state index is 5.88. The lowest BCUT2D eigenvalue weighted by Gasteiger charge is -2.08. The lowest BCUT2D eigenvalue weighted by Crippen LogP contribution is -1.97. The number of aromatic amines is 1. The Hall–Kier alpha value is -2.34. The van der Waals surface area contributed by atoms with Crippen molar-refractivity contribution in [1.82, 2.24) is 20.2 Å². The third-order valence-electron chi connectivity index (χ3n) is 2.71. The van der Waals surface area contributed by atoms with Crippen molar-refractivity contribution in [3.05, 3.63) is 35.7 Å². The SMILES string of the molecule is CCOc1ccc(Nc2nc(Cl)nc3[nH]ncc23)cc1. The van der Waals surface area contributed by atoms with Crippen LogP contribution in [0, 0.1) is 0 Å². The number of nitrogens with zero attached hydrogens (tertiary/aromatic N) is 3. The number of aromatic nitrogens is 4. The fourth-order valence-electron chi connectivity index (χ4n) is 1.84. The maximum Gasteiger partial charge on any atom is 0.226 e. The Morgan fingerprint density at radius 1 is 1.25 bits per heavy atom. The normalized spacial score (nSPS) is 10.7. The van der Waals surface area contributed by atoms with Crippen LogP contribution in [0.5, 0.6) is 5.75 Å². The molecule has 0 spiro atoms. The third-order valence-corrected chi connectivity index (χ3v) is 2.88. The minimum Gasteiger partial charge on any atom is -0.494 e.